The molecule has 2 aliphatic heterocycles. The van der Waals surface area contributed by atoms with Gasteiger partial charge in [-0.2, -0.15) is 33.7 Å². The number of hydrogen-bond donors (Lipinski definition) is 6. The molecule has 8 bridgehead atoms. The van der Waals surface area contributed by atoms with E-state index >= 15 is 0 Å². The number of nitrogens with one attached hydrogen (secondary N) is 2. The fourth-order valence-corrected chi connectivity index (χ4v) is 9.51. The minimum atomic E-state index is -4.55. The number of hydrogen-bond acceptors (Lipinski definition) is 10. The summed E-state index contributed by atoms with van der Waals surface area (Å²) in [7, 11) is -18.2. The maximum atomic E-state index is 12.0. The number of rotatable bonds is 8. The summed E-state index contributed by atoms with van der Waals surface area (Å²) < 4.78 is 135. The minimum Gasteiger partial charge on any atom is -0.354 e. The molecule has 327 valence electrons. The van der Waals surface area contributed by atoms with Crippen LogP contribution in [0.25, 0.3) is 90.9 Å². The predicted octanol–water partition coefficient (Wildman–Crippen LogP) is 8.31. The summed E-state index contributed by atoms with van der Waals surface area (Å²) >= 11 is 0. The molecule has 5 heterocycles. The zero-order chi connectivity index (χ0) is 45.3. The number of H-pyrrole nitrogens is 2. The van der Waals surface area contributed by atoms with Crippen molar-refractivity contribution in [2.75, 3.05) is 0 Å². The molecule has 0 spiro atoms. The van der Waals surface area contributed by atoms with Crippen molar-refractivity contribution in [2.45, 2.75) is 19.6 Å². The van der Waals surface area contributed by atoms with Gasteiger partial charge in [-0.05, 0) is 119 Å². The first-order chi connectivity index (χ1) is 30.2. The molecule has 0 atom stereocenters. The molecule has 65 heavy (non-hydrogen) atoms. The molecular weight excluding hydrogens is 961 g/mol. The summed E-state index contributed by atoms with van der Waals surface area (Å²) in [4.78, 5) is 15.6. The molecule has 21 heteroatoms. The molecule has 0 saturated heterocycles. The average Bonchev–Trinajstić information content (AvgIpc) is 4.08. The van der Waals surface area contributed by atoms with Crippen LogP contribution < -0.4 is 0 Å². The quantitative estimate of drug-likeness (QED) is 0.0617. The first-order valence-corrected chi connectivity index (χ1v) is 24.5. The second-order valence-electron chi connectivity index (χ2n) is 14.5. The zero-order valence-electron chi connectivity index (χ0n) is 32.8. The average molecular weight is 991 g/mol. The van der Waals surface area contributed by atoms with Gasteiger partial charge < -0.3 is 9.97 Å². The van der Waals surface area contributed by atoms with Crippen LogP contribution in [0, 0.1) is 0 Å². The maximum absolute atomic E-state index is 12.0. The topological polar surface area (TPSA) is 275 Å². The first-order valence-electron chi connectivity index (χ1n) is 18.7. The Hall–Kier alpha value is -6.36. The molecule has 3 aromatic heterocycles. The van der Waals surface area contributed by atoms with Crippen molar-refractivity contribution < 1.29 is 69.0 Å². The van der Waals surface area contributed by atoms with Crippen LogP contribution in [-0.2, 0) is 57.5 Å². The van der Waals surface area contributed by atoms with Gasteiger partial charge >= 0.3 is 17.1 Å². The molecule has 9 rings (SSSR count). The Balaban J connectivity index is 0.00000576. The van der Waals surface area contributed by atoms with Crippen LogP contribution in [0.3, 0.4) is 0 Å². The molecule has 0 unspecified atom stereocenters. The van der Waals surface area contributed by atoms with Crippen molar-refractivity contribution in [3.63, 3.8) is 0 Å². The third kappa shape index (κ3) is 8.89. The molecule has 4 aromatic carbocycles. The van der Waals surface area contributed by atoms with Crippen LogP contribution >= 0.6 is 0 Å². The zero-order valence-corrected chi connectivity index (χ0v) is 37.2. The summed E-state index contributed by atoms with van der Waals surface area (Å²) in [6.45, 7) is 0. The van der Waals surface area contributed by atoms with Crippen molar-refractivity contribution in [1.82, 2.24) is 19.9 Å². The van der Waals surface area contributed by atoms with E-state index in [9.17, 15) is 51.9 Å². The van der Waals surface area contributed by atoms with Crippen LogP contribution in [0.1, 0.15) is 22.8 Å². The largest absolute Gasteiger partial charge is 3.00 e. The number of benzene rings is 4. The number of aromatic nitrogens is 4. The van der Waals surface area contributed by atoms with E-state index in [-0.39, 0.29) is 36.7 Å². The standard InChI is InChI=1S/C44H30N4O12S4.Fe/c49-61(50,51)29-9-1-25(2-10-29)41-33-17-19-35(45-33)42(26-3-11-30(12-4-26)62(52,53)54)37-21-23-39(47-37)44(28-7-15-32(16-8-28)64(58,59)60)40-24-22-38(48-40)43(36-20-18-34(41)46-36)27-5-13-31(14-6-27)63(55,56)57;/h1-24,45,48H,(H,49,50,51)(H,52,53,54)(H,55,56,57)(H,58,59,60);/q;+3. The van der Waals surface area contributed by atoms with Crippen LogP contribution in [-0.4, -0.2) is 71.8 Å². The van der Waals surface area contributed by atoms with E-state index in [0.29, 0.717) is 89.4 Å². The summed E-state index contributed by atoms with van der Waals surface area (Å²) in [5.74, 6) is 0. The summed E-state index contributed by atoms with van der Waals surface area (Å²) in [6, 6.07) is 29.0. The number of aromatic amines is 2. The number of nitrogens with zero attached hydrogens (tertiary/aromatic N) is 2. The van der Waals surface area contributed by atoms with Crippen molar-refractivity contribution in [3.8, 4) is 44.5 Å². The van der Waals surface area contributed by atoms with Crippen LogP contribution in [0.15, 0.2) is 141 Å². The third-order valence-electron chi connectivity index (χ3n) is 10.5. The Bertz CT molecular complexity index is 3300. The predicted molar refractivity (Wildman–Crippen MR) is 240 cm³/mol. The van der Waals surface area contributed by atoms with Gasteiger partial charge in [0, 0.05) is 44.3 Å². The molecule has 0 aliphatic carbocycles. The van der Waals surface area contributed by atoms with Crippen LogP contribution in [0.5, 0.6) is 0 Å². The van der Waals surface area contributed by atoms with Crippen LogP contribution in [0.2, 0.25) is 0 Å². The Morgan fingerprint density at radius 3 is 0.662 bits per heavy atom. The second-order valence-corrected chi connectivity index (χ2v) is 20.2. The molecule has 7 aromatic rings. The van der Waals surface area contributed by atoms with Crippen molar-refractivity contribution in [2.24, 2.45) is 0 Å². The molecular formula is C44H30FeN4O12S4+3. The van der Waals surface area contributed by atoms with E-state index in [1.54, 1.807) is 48.6 Å². The van der Waals surface area contributed by atoms with Crippen molar-refractivity contribution in [3.05, 3.63) is 144 Å². The molecule has 0 amide bonds. The fraction of sp³-hybridized carbons (Fsp3) is 0. The Morgan fingerprint density at radius 2 is 0.492 bits per heavy atom. The molecule has 0 saturated carbocycles. The van der Waals surface area contributed by atoms with E-state index in [0.717, 1.165) is 0 Å². The van der Waals surface area contributed by atoms with Gasteiger partial charge in [0.05, 0.1) is 42.4 Å². The van der Waals surface area contributed by atoms with Gasteiger partial charge in [0.15, 0.2) is 0 Å². The maximum Gasteiger partial charge on any atom is 3.00 e. The fourth-order valence-electron chi connectivity index (χ4n) is 7.59. The van der Waals surface area contributed by atoms with Gasteiger partial charge in [0.1, 0.15) is 0 Å². The minimum absolute atomic E-state index is 0. The van der Waals surface area contributed by atoms with Crippen LogP contribution in [0.4, 0.5) is 0 Å². The SMILES string of the molecule is O=S(=O)(O)c1ccc(-c2c3nc(c(-c4ccc(S(=O)(=O)O)cc4)c4ccc([nH]4)c(-c4ccc(S(=O)(=O)O)cc4)c4nc(c(-c5ccc(S(=O)(=O)O)cc5)c5ccc2[nH]5)C=C4)C=C3)cc1.[Fe+3]. The number of fused-ring (bicyclic) bond motifs is 8. The van der Waals surface area contributed by atoms with Gasteiger partial charge in [0.25, 0.3) is 40.5 Å². The van der Waals surface area contributed by atoms with E-state index in [4.69, 9.17) is 9.97 Å². The van der Waals surface area contributed by atoms with Gasteiger partial charge in [-0.25, -0.2) is 9.97 Å². The normalized spacial score (nSPS) is 12.9. The Labute approximate surface area is 381 Å². The van der Waals surface area contributed by atoms with Gasteiger partial charge in [0.2, 0.25) is 0 Å². The summed E-state index contributed by atoms with van der Waals surface area (Å²) in [5.41, 5.74) is 7.41. The Kier molecular flexibility index (Phi) is 11.5. The van der Waals surface area contributed by atoms with E-state index in [1.165, 1.54) is 97.1 Å². The van der Waals surface area contributed by atoms with Gasteiger partial charge in [-0.1, -0.05) is 48.5 Å². The van der Waals surface area contributed by atoms with Crippen molar-refractivity contribution >= 4 is 86.8 Å². The van der Waals surface area contributed by atoms with Gasteiger partial charge in [-0.15, -0.1) is 0 Å². The van der Waals surface area contributed by atoms with E-state index in [1.807, 2.05) is 0 Å². The smallest absolute Gasteiger partial charge is 0.354 e. The summed E-state index contributed by atoms with van der Waals surface area (Å²) in [5, 5.41) is 0. The molecule has 6 N–H and O–H groups in total. The van der Waals surface area contributed by atoms with E-state index in [2.05, 4.69) is 9.97 Å². The second kappa shape index (κ2) is 16.6. The molecule has 2 aliphatic rings. The van der Waals surface area contributed by atoms with Gasteiger partial charge in [-0.3, -0.25) is 18.2 Å². The summed E-state index contributed by atoms with van der Waals surface area (Å²) in [6.07, 6.45) is 6.92. The third-order valence-corrected chi connectivity index (χ3v) is 14.0. The monoisotopic (exact) mass is 990 g/mol. The molecule has 0 fully saturated rings. The van der Waals surface area contributed by atoms with Crippen molar-refractivity contribution in [1.29, 1.82) is 0 Å². The Morgan fingerprint density at radius 1 is 0.308 bits per heavy atom. The van der Waals surface area contributed by atoms with E-state index < -0.39 is 40.5 Å². The first kappa shape index (κ1) is 45.2. The molecule has 16 nitrogen and oxygen atoms in total. The molecule has 1 radical (unpaired) electrons.